The number of rotatable bonds is 1. The molecule has 9 heavy (non-hydrogen) atoms. The van der Waals surface area contributed by atoms with Gasteiger partial charge < -0.3 is 15.2 Å². The van der Waals surface area contributed by atoms with Crippen molar-refractivity contribution in [3.63, 3.8) is 0 Å². The largest absolute Gasteiger partial charge is 0.343 e. The minimum Gasteiger partial charge on any atom is -0.343 e. The second-order valence-electron chi connectivity index (χ2n) is 3.20. The molecule has 1 fully saturated rings. The van der Waals surface area contributed by atoms with E-state index < -0.39 is 0 Å². The van der Waals surface area contributed by atoms with Crippen molar-refractivity contribution in [2.75, 3.05) is 0 Å². The Morgan fingerprint density at radius 1 is 1.44 bits per heavy atom. The van der Waals surface area contributed by atoms with Crippen LogP contribution in [0.4, 0.5) is 0 Å². The maximum Gasteiger partial charge on any atom is 0.199 e. The molecule has 2 atom stereocenters. The van der Waals surface area contributed by atoms with E-state index in [9.17, 15) is 0 Å². The predicted octanol–water partition coefficient (Wildman–Crippen LogP) is 0.443. The summed E-state index contributed by atoms with van der Waals surface area (Å²) < 4.78 is 10.2. The molecule has 1 heterocycles. The second-order valence-corrected chi connectivity index (χ2v) is 3.20. The molecule has 0 radical (unpaired) electrons. The summed E-state index contributed by atoms with van der Waals surface area (Å²) >= 11 is 0. The molecule has 1 unspecified atom stereocenters. The van der Waals surface area contributed by atoms with Crippen LogP contribution in [-0.4, -0.2) is 18.1 Å². The fourth-order valence-electron chi connectivity index (χ4n) is 0.553. The summed E-state index contributed by atoms with van der Waals surface area (Å²) in [4.78, 5) is 0. The molecule has 1 rings (SSSR count). The van der Waals surface area contributed by atoms with Gasteiger partial charge in [-0.25, -0.2) is 0 Å². The molecule has 0 saturated carbocycles. The minimum atomic E-state index is -0.191. The summed E-state index contributed by atoms with van der Waals surface area (Å²) in [5.74, 6) is 0. The van der Waals surface area contributed by atoms with Crippen LogP contribution in [0.25, 0.3) is 0 Å². The van der Waals surface area contributed by atoms with Crippen LogP contribution in [0.3, 0.4) is 0 Å². The fraction of sp³-hybridized carbons (Fsp3) is 1.00. The van der Waals surface area contributed by atoms with Crippen molar-refractivity contribution < 1.29 is 9.47 Å². The van der Waals surface area contributed by atoms with Crippen molar-refractivity contribution in [3.8, 4) is 0 Å². The van der Waals surface area contributed by atoms with Gasteiger partial charge in [0.05, 0.1) is 5.60 Å². The van der Waals surface area contributed by atoms with Crippen LogP contribution in [0.1, 0.15) is 20.8 Å². The van der Waals surface area contributed by atoms with Gasteiger partial charge in [-0.3, -0.25) is 0 Å². The maximum atomic E-state index is 5.33. The number of epoxide rings is 1. The molecule has 0 spiro atoms. The van der Waals surface area contributed by atoms with E-state index in [2.05, 4.69) is 0 Å². The quantitative estimate of drug-likeness (QED) is 0.525. The number of nitrogens with two attached hydrogens (primary N) is 1. The highest BCUT2D eigenvalue weighted by Crippen LogP contribution is 2.23. The van der Waals surface area contributed by atoms with Crippen molar-refractivity contribution in [1.29, 1.82) is 0 Å². The van der Waals surface area contributed by atoms with Gasteiger partial charge in [0.2, 0.25) is 0 Å². The first-order valence-corrected chi connectivity index (χ1v) is 3.08. The van der Waals surface area contributed by atoms with E-state index in [1.807, 2.05) is 20.8 Å². The van der Waals surface area contributed by atoms with Crippen molar-refractivity contribution in [3.05, 3.63) is 0 Å². The first-order chi connectivity index (χ1) is 3.99. The topological polar surface area (TPSA) is 47.8 Å². The normalized spacial score (nSPS) is 34.7. The van der Waals surface area contributed by atoms with Crippen LogP contribution in [0.2, 0.25) is 0 Å². The highest BCUT2D eigenvalue weighted by Gasteiger charge is 2.39. The zero-order valence-corrected chi connectivity index (χ0v) is 6.05. The Kier molecular flexibility index (Phi) is 1.50. The number of hydrogen-bond acceptors (Lipinski definition) is 3. The van der Waals surface area contributed by atoms with Crippen LogP contribution in [-0.2, 0) is 9.47 Å². The van der Waals surface area contributed by atoms with Gasteiger partial charge in [0, 0.05) is 0 Å². The molecule has 0 aliphatic carbocycles. The van der Waals surface area contributed by atoms with Gasteiger partial charge in [-0.15, -0.1) is 0 Å². The Bertz CT molecular complexity index is 108. The van der Waals surface area contributed by atoms with Crippen LogP contribution in [0.5, 0.6) is 0 Å². The molecular formula is C6H13NO2. The Balaban J connectivity index is 2.19. The van der Waals surface area contributed by atoms with Crippen LogP contribution in [0, 0.1) is 0 Å². The van der Waals surface area contributed by atoms with Crippen molar-refractivity contribution >= 4 is 0 Å². The second kappa shape index (κ2) is 1.94. The maximum absolute atomic E-state index is 5.33. The van der Waals surface area contributed by atoms with Gasteiger partial charge >= 0.3 is 0 Å². The van der Waals surface area contributed by atoms with Crippen molar-refractivity contribution in [2.45, 2.75) is 38.9 Å². The summed E-state index contributed by atoms with van der Waals surface area (Å²) in [6, 6.07) is 0. The van der Waals surface area contributed by atoms with Crippen molar-refractivity contribution in [2.24, 2.45) is 5.73 Å². The van der Waals surface area contributed by atoms with Crippen LogP contribution in [0.15, 0.2) is 0 Å². The summed E-state index contributed by atoms with van der Waals surface area (Å²) in [5.41, 5.74) is 5.19. The fourth-order valence-corrected chi connectivity index (χ4v) is 0.553. The van der Waals surface area contributed by atoms with Gasteiger partial charge in [0.1, 0.15) is 0 Å². The molecule has 0 aromatic rings. The van der Waals surface area contributed by atoms with Crippen LogP contribution < -0.4 is 5.73 Å². The summed E-state index contributed by atoms with van der Waals surface area (Å²) in [6.07, 6.45) is -0.353. The van der Waals surface area contributed by atoms with E-state index in [1.54, 1.807) is 0 Å². The molecule has 3 nitrogen and oxygen atoms in total. The lowest BCUT2D eigenvalue weighted by atomic mass is 10.2. The molecule has 2 N–H and O–H groups in total. The van der Waals surface area contributed by atoms with E-state index in [-0.39, 0.29) is 18.1 Å². The lowest BCUT2D eigenvalue weighted by molar-refractivity contribution is -0.0569. The standard InChI is InChI=1S/C6H13NO2/c1-6(2,3)9-5-4(7)8-5/h4-5H,7H2,1-3H3/t4?,5-/m0/s1. The van der Waals surface area contributed by atoms with E-state index in [0.717, 1.165) is 0 Å². The molecule has 3 heteroatoms. The van der Waals surface area contributed by atoms with Gasteiger partial charge in [-0.1, -0.05) is 0 Å². The predicted molar refractivity (Wildman–Crippen MR) is 33.7 cm³/mol. The molecule has 0 amide bonds. The first kappa shape index (κ1) is 6.99. The third-order valence-electron chi connectivity index (χ3n) is 0.953. The highest BCUT2D eigenvalue weighted by molar-refractivity contribution is 4.73. The monoisotopic (exact) mass is 131 g/mol. The zero-order valence-electron chi connectivity index (χ0n) is 6.05. The average Bonchev–Trinajstić information content (AvgIpc) is 2.13. The van der Waals surface area contributed by atoms with Gasteiger partial charge in [0.25, 0.3) is 0 Å². The van der Waals surface area contributed by atoms with E-state index >= 15 is 0 Å². The Hall–Kier alpha value is -0.120. The molecule has 0 aromatic heterocycles. The molecular weight excluding hydrogens is 118 g/mol. The van der Waals surface area contributed by atoms with Gasteiger partial charge in [-0.2, -0.15) is 0 Å². The molecule has 0 aromatic carbocycles. The first-order valence-electron chi connectivity index (χ1n) is 3.08. The Morgan fingerprint density at radius 3 is 2.00 bits per heavy atom. The SMILES string of the molecule is CC(C)(C)O[C@@H]1OC1N. The van der Waals surface area contributed by atoms with E-state index in [1.165, 1.54) is 0 Å². The van der Waals surface area contributed by atoms with Crippen LogP contribution >= 0.6 is 0 Å². The Labute approximate surface area is 55.1 Å². The Morgan fingerprint density at radius 2 is 1.89 bits per heavy atom. The number of hydrogen-bond donors (Lipinski definition) is 1. The minimum absolute atomic E-state index is 0.140. The van der Waals surface area contributed by atoms with E-state index in [0.29, 0.717) is 0 Å². The summed E-state index contributed by atoms with van der Waals surface area (Å²) in [6.45, 7) is 5.92. The lowest BCUT2D eigenvalue weighted by Gasteiger charge is -2.16. The summed E-state index contributed by atoms with van der Waals surface area (Å²) in [5, 5.41) is 0. The lowest BCUT2D eigenvalue weighted by Crippen LogP contribution is -2.23. The van der Waals surface area contributed by atoms with Crippen molar-refractivity contribution in [1.82, 2.24) is 0 Å². The molecule has 1 aliphatic heterocycles. The molecule has 1 aliphatic rings. The average molecular weight is 131 g/mol. The van der Waals surface area contributed by atoms with Gasteiger partial charge in [-0.05, 0) is 20.8 Å². The zero-order chi connectivity index (χ0) is 7.07. The molecule has 1 saturated heterocycles. The highest BCUT2D eigenvalue weighted by atomic mass is 16.8. The third-order valence-corrected chi connectivity index (χ3v) is 0.953. The third kappa shape index (κ3) is 2.30. The molecule has 0 bridgehead atoms. The number of ether oxygens (including phenoxy) is 2. The summed E-state index contributed by atoms with van der Waals surface area (Å²) in [7, 11) is 0. The van der Waals surface area contributed by atoms with E-state index in [4.69, 9.17) is 15.2 Å². The molecule has 54 valence electrons. The smallest absolute Gasteiger partial charge is 0.199 e. The van der Waals surface area contributed by atoms with Gasteiger partial charge in [0.15, 0.2) is 12.5 Å².